The molecule has 0 aliphatic carbocycles. The second-order valence-electron chi connectivity index (χ2n) is 6.56. The zero-order chi connectivity index (χ0) is 16.9. The first-order valence-corrected chi connectivity index (χ1v) is 9.91. The van der Waals surface area contributed by atoms with Crippen molar-refractivity contribution in [3.8, 4) is 0 Å². The second-order valence-corrected chi connectivity index (χ2v) is 8.79. The van der Waals surface area contributed by atoms with Crippen LogP contribution in [0.15, 0.2) is 30.3 Å². The van der Waals surface area contributed by atoms with E-state index in [1.54, 1.807) is 4.68 Å². The number of hydrogen-bond acceptors (Lipinski definition) is 4. The highest BCUT2D eigenvalue weighted by Gasteiger charge is 2.37. The third-order valence-corrected chi connectivity index (χ3v) is 6.63. The molecule has 3 heterocycles. The van der Waals surface area contributed by atoms with E-state index in [0.717, 1.165) is 16.8 Å². The van der Waals surface area contributed by atoms with Crippen molar-refractivity contribution in [1.29, 1.82) is 0 Å². The number of nitrogens with one attached hydrogen (secondary N) is 1. The van der Waals surface area contributed by atoms with Crippen molar-refractivity contribution in [2.75, 3.05) is 16.8 Å². The summed E-state index contributed by atoms with van der Waals surface area (Å²) in [7, 11) is -3.01. The van der Waals surface area contributed by atoms with Crippen molar-refractivity contribution in [1.82, 2.24) is 9.78 Å². The van der Waals surface area contributed by atoms with Gasteiger partial charge >= 0.3 is 0 Å². The third-order valence-electron chi connectivity index (χ3n) is 4.88. The number of benzene rings is 1. The highest BCUT2D eigenvalue weighted by Crippen LogP contribution is 2.41. The van der Waals surface area contributed by atoms with Gasteiger partial charge in [-0.15, -0.1) is 0 Å². The van der Waals surface area contributed by atoms with Crippen molar-refractivity contribution >= 4 is 21.6 Å². The zero-order valence-electron chi connectivity index (χ0n) is 13.4. The Balaban J connectivity index is 1.81. The van der Waals surface area contributed by atoms with Gasteiger partial charge in [0.25, 0.3) is 0 Å². The molecule has 0 unspecified atom stereocenters. The number of anilines is 1. The van der Waals surface area contributed by atoms with Gasteiger partial charge in [-0.05, 0) is 18.9 Å². The summed E-state index contributed by atoms with van der Waals surface area (Å²) in [6.07, 6.45) is 0.925. The number of nitrogens with zero attached hydrogens (tertiary/aromatic N) is 2. The molecule has 2 aromatic rings. The van der Waals surface area contributed by atoms with Crippen LogP contribution in [0.2, 0.25) is 0 Å². The van der Waals surface area contributed by atoms with Gasteiger partial charge in [-0.2, -0.15) is 5.10 Å². The number of sulfone groups is 1. The Labute approximate surface area is 140 Å². The van der Waals surface area contributed by atoms with Crippen LogP contribution in [0.3, 0.4) is 0 Å². The van der Waals surface area contributed by atoms with E-state index >= 15 is 0 Å². The van der Waals surface area contributed by atoms with Gasteiger partial charge in [0.2, 0.25) is 5.91 Å². The average Bonchev–Trinajstić information content (AvgIpc) is 3.07. The van der Waals surface area contributed by atoms with Crippen LogP contribution in [0.4, 0.5) is 5.82 Å². The molecule has 1 amide bonds. The fraction of sp³-hybridized carbons (Fsp3) is 0.412. The lowest BCUT2D eigenvalue weighted by Gasteiger charge is -2.25. The van der Waals surface area contributed by atoms with Crippen LogP contribution < -0.4 is 5.32 Å². The van der Waals surface area contributed by atoms with E-state index in [0.29, 0.717) is 18.7 Å². The first-order chi connectivity index (χ1) is 11.4. The van der Waals surface area contributed by atoms with E-state index in [9.17, 15) is 13.2 Å². The minimum Gasteiger partial charge on any atom is -0.311 e. The standard InChI is InChI=1S/C17H19N3O3S/c1-11-16-14(12-5-3-2-4-6-12)9-15(21)18-17(16)20(19-11)13-7-8-24(22,23)10-13/h2-6,13-14H,7-10H2,1H3,(H,18,21)/t13-,14+/m1/s1. The molecule has 0 spiro atoms. The van der Waals surface area contributed by atoms with Crippen LogP contribution in [0.5, 0.6) is 0 Å². The van der Waals surface area contributed by atoms with Gasteiger partial charge in [0, 0.05) is 17.9 Å². The fourth-order valence-electron chi connectivity index (χ4n) is 3.77. The monoisotopic (exact) mass is 345 g/mol. The molecule has 2 aliphatic heterocycles. The summed E-state index contributed by atoms with van der Waals surface area (Å²) in [4.78, 5) is 12.2. The van der Waals surface area contributed by atoms with Gasteiger partial charge in [-0.3, -0.25) is 4.79 Å². The van der Waals surface area contributed by atoms with Crippen LogP contribution in [-0.2, 0) is 14.6 Å². The lowest BCUT2D eigenvalue weighted by molar-refractivity contribution is -0.116. The van der Waals surface area contributed by atoms with Crippen LogP contribution in [-0.4, -0.2) is 35.6 Å². The molecule has 4 rings (SSSR count). The summed E-state index contributed by atoms with van der Waals surface area (Å²) in [6, 6.07) is 9.71. The topological polar surface area (TPSA) is 81.1 Å². The average molecular weight is 345 g/mol. The van der Waals surface area contributed by atoms with Crippen molar-refractivity contribution < 1.29 is 13.2 Å². The van der Waals surface area contributed by atoms with E-state index in [1.807, 2.05) is 37.3 Å². The predicted molar refractivity (Wildman–Crippen MR) is 90.8 cm³/mol. The Morgan fingerprint density at radius 3 is 2.67 bits per heavy atom. The van der Waals surface area contributed by atoms with Gasteiger partial charge in [-0.25, -0.2) is 13.1 Å². The minimum atomic E-state index is -3.01. The molecule has 126 valence electrons. The lowest BCUT2D eigenvalue weighted by atomic mass is 9.86. The van der Waals surface area contributed by atoms with Gasteiger partial charge in [0.15, 0.2) is 9.84 Å². The molecule has 0 bridgehead atoms. The maximum Gasteiger partial charge on any atom is 0.226 e. The molecule has 1 N–H and O–H groups in total. The van der Waals surface area contributed by atoms with Crippen molar-refractivity contribution in [3.63, 3.8) is 0 Å². The first kappa shape index (κ1) is 15.4. The normalized spacial score (nSPS) is 25.3. The molecule has 7 heteroatoms. The largest absolute Gasteiger partial charge is 0.311 e. The van der Waals surface area contributed by atoms with Gasteiger partial charge in [-0.1, -0.05) is 30.3 Å². The maximum atomic E-state index is 12.2. The van der Waals surface area contributed by atoms with Crippen molar-refractivity contribution in [3.05, 3.63) is 47.2 Å². The molecule has 1 fully saturated rings. The van der Waals surface area contributed by atoms with E-state index in [2.05, 4.69) is 10.4 Å². The van der Waals surface area contributed by atoms with Crippen LogP contribution in [0, 0.1) is 6.92 Å². The Kier molecular flexibility index (Phi) is 3.49. The van der Waals surface area contributed by atoms with Gasteiger partial charge in [0.1, 0.15) is 5.82 Å². The number of aryl methyl sites for hydroxylation is 1. The molecule has 0 radical (unpaired) electrons. The van der Waals surface area contributed by atoms with Gasteiger partial charge in [0.05, 0.1) is 23.2 Å². The quantitative estimate of drug-likeness (QED) is 0.903. The maximum absolute atomic E-state index is 12.2. The number of carbonyl (C=O) groups is 1. The summed E-state index contributed by atoms with van der Waals surface area (Å²) in [5, 5.41) is 7.51. The van der Waals surface area contributed by atoms with Crippen molar-refractivity contribution in [2.45, 2.75) is 31.7 Å². The smallest absolute Gasteiger partial charge is 0.226 e. The Morgan fingerprint density at radius 2 is 2.00 bits per heavy atom. The predicted octanol–water partition coefficient (Wildman–Crippen LogP) is 2.03. The molecule has 1 aromatic heterocycles. The molecule has 6 nitrogen and oxygen atoms in total. The summed E-state index contributed by atoms with van der Waals surface area (Å²) < 4.78 is 25.3. The van der Waals surface area contributed by atoms with Crippen molar-refractivity contribution in [2.24, 2.45) is 0 Å². The molecule has 0 saturated carbocycles. The number of aromatic nitrogens is 2. The van der Waals surface area contributed by atoms with Crippen LogP contribution >= 0.6 is 0 Å². The number of rotatable bonds is 2. The fourth-order valence-corrected chi connectivity index (χ4v) is 5.47. The third kappa shape index (κ3) is 2.53. The molecular formula is C17H19N3O3S. The molecule has 2 atom stereocenters. The zero-order valence-corrected chi connectivity index (χ0v) is 14.2. The lowest BCUT2D eigenvalue weighted by Crippen LogP contribution is -2.26. The Hall–Kier alpha value is -2.15. The molecule has 1 saturated heterocycles. The summed E-state index contributed by atoms with van der Waals surface area (Å²) >= 11 is 0. The molecule has 2 aliphatic rings. The molecular weight excluding hydrogens is 326 g/mol. The highest BCUT2D eigenvalue weighted by atomic mass is 32.2. The summed E-state index contributed by atoms with van der Waals surface area (Å²) in [5.41, 5.74) is 2.93. The SMILES string of the molecule is Cc1nn([C@@H]2CCS(=O)(=O)C2)c2c1[C@H](c1ccccc1)CC(=O)N2. The summed E-state index contributed by atoms with van der Waals surface area (Å²) in [5.74, 6) is 0.841. The Bertz CT molecular complexity index is 903. The van der Waals surface area contributed by atoms with E-state index in [-0.39, 0.29) is 29.4 Å². The highest BCUT2D eigenvalue weighted by molar-refractivity contribution is 7.91. The van der Waals surface area contributed by atoms with E-state index < -0.39 is 9.84 Å². The van der Waals surface area contributed by atoms with Crippen LogP contribution in [0.1, 0.15) is 41.6 Å². The van der Waals surface area contributed by atoms with Crippen LogP contribution in [0.25, 0.3) is 0 Å². The molecule has 1 aromatic carbocycles. The number of hydrogen-bond donors (Lipinski definition) is 1. The van der Waals surface area contributed by atoms with Gasteiger partial charge < -0.3 is 5.32 Å². The number of fused-ring (bicyclic) bond motifs is 1. The number of amides is 1. The molecule has 24 heavy (non-hydrogen) atoms. The van der Waals surface area contributed by atoms with E-state index in [4.69, 9.17) is 0 Å². The van der Waals surface area contributed by atoms with E-state index in [1.165, 1.54) is 0 Å². The second kappa shape index (κ2) is 5.44. The Morgan fingerprint density at radius 1 is 1.25 bits per heavy atom. The summed E-state index contributed by atoms with van der Waals surface area (Å²) in [6.45, 7) is 1.92. The minimum absolute atomic E-state index is 0.0401. The first-order valence-electron chi connectivity index (χ1n) is 8.09. The number of carbonyl (C=O) groups excluding carboxylic acids is 1.